The second kappa shape index (κ2) is 19.8. The normalized spacial score (nSPS) is 15.8. The van der Waals surface area contributed by atoms with Crippen LogP contribution in [0.1, 0.15) is 26.7 Å². The van der Waals surface area contributed by atoms with Gasteiger partial charge in [-0.05, 0) is 51.9 Å². The summed E-state index contributed by atoms with van der Waals surface area (Å²) in [6, 6.07) is 1.76. The van der Waals surface area contributed by atoms with Crippen molar-refractivity contribution in [3.05, 3.63) is 13.2 Å². The van der Waals surface area contributed by atoms with Gasteiger partial charge >= 0.3 is 17.1 Å². The minimum atomic E-state index is -2.33. The lowest BCUT2D eigenvalue weighted by Gasteiger charge is -2.25. The maximum atomic E-state index is 9.18. The molecule has 10 heteroatoms. The standard InChI is InChI=1S/C9H20O5Si.C8H21NO2Si.C2H4/c1-11-15(8-10,12-2)5-3-4-13-6-9-7-14-9;1-4-10-12(3,11-5-2)8-6-7-9;1-2/h9-10H,3-8H2,1-2H3;4-9H2,1-3H3;1-2H2. The van der Waals surface area contributed by atoms with E-state index < -0.39 is 17.1 Å². The fourth-order valence-corrected chi connectivity index (χ4v) is 6.65. The van der Waals surface area contributed by atoms with E-state index in [1.165, 1.54) is 0 Å². The molecule has 3 N–H and O–H groups in total. The van der Waals surface area contributed by atoms with Gasteiger partial charge in [-0.15, -0.1) is 13.2 Å². The quantitative estimate of drug-likeness (QED) is 0.158. The van der Waals surface area contributed by atoms with Crippen LogP contribution in [0.25, 0.3) is 0 Å². The van der Waals surface area contributed by atoms with E-state index in [0.29, 0.717) is 19.3 Å². The Morgan fingerprint density at radius 2 is 1.62 bits per heavy atom. The first-order valence-electron chi connectivity index (χ1n) is 10.3. The molecule has 0 radical (unpaired) electrons. The summed E-state index contributed by atoms with van der Waals surface area (Å²) in [4.78, 5) is 0. The minimum absolute atomic E-state index is 0.00820. The SMILES string of the molecule is C=C.CCO[Si](C)(CCCN)OCC.CO[Si](CO)(CCCOCC1CO1)OC. The van der Waals surface area contributed by atoms with Gasteiger partial charge in [-0.25, -0.2) is 0 Å². The smallest absolute Gasteiger partial charge is 0.364 e. The lowest BCUT2D eigenvalue weighted by atomic mass is 10.5. The van der Waals surface area contributed by atoms with Crippen LogP contribution in [0, 0.1) is 0 Å². The first-order valence-corrected chi connectivity index (χ1v) is 15.1. The molecule has 1 heterocycles. The van der Waals surface area contributed by atoms with Crippen LogP contribution >= 0.6 is 0 Å². The topological polar surface area (TPSA) is 105 Å². The number of hydrogen-bond acceptors (Lipinski definition) is 8. The van der Waals surface area contributed by atoms with Crippen molar-refractivity contribution in [1.82, 2.24) is 0 Å². The zero-order valence-electron chi connectivity index (χ0n) is 19.2. The molecule has 8 nitrogen and oxygen atoms in total. The summed E-state index contributed by atoms with van der Waals surface area (Å²) in [7, 11) is -1.01. The Morgan fingerprint density at radius 1 is 1.07 bits per heavy atom. The number of rotatable bonds is 16. The molecule has 0 bridgehead atoms. The third-order valence-corrected chi connectivity index (χ3v) is 10.4. The van der Waals surface area contributed by atoms with E-state index in [2.05, 4.69) is 19.7 Å². The summed E-state index contributed by atoms with van der Waals surface area (Å²) in [6.07, 6.45) is 2.16. The van der Waals surface area contributed by atoms with Gasteiger partial charge in [-0.1, -0.05) is 0 Å². The minimum Gasteiger partial charge on any atom is -0.396 e. The number of aliphatic hydroxyl groups excluding tert-OH is 1. The van der Waals surface area contributed by atoms with E-state index >= 15 is 0 Å². The van der Waals surface area contributed by atoms with E-state index in [1.807, 2.05) is 13.8 Å². The number of ether oxygens (including phenoxy) is 2. The first kappa shape index (κ1) is 31.0. The number of hydrogen-bond donors (Lipinski definition) is 2. The van der Waals surface area contributed by atoms with E-state index in [0.717, 1.165) is 51.3 Å². The number of epoxide rings is 1. The van der Waals surface area contributed by atoms with Gasteiger partial charge in [0.1, 0.15) is 6.10 Å². The summed E-state index contributed by atoms with van der Waals surface area (Å²) in [5.74, 6) is 0. The molecule has 0 aromatic carbocycles. The van der Waals surface area contributed by atoms with Gasteiger partial charge in [0, 0.05) is 34.0 Å². The highest BCUT2D eigenvalue weighted by Gasteiger charge is 2.34. The van der Waals surface area contributed by atoms with Crippen LogP contribution in [0.4, 0.5) is 0 Å². The Morgan fingerprint density at radius 3 is 2.00 bits per heavy atom. The molecule has 1 unspecified atom stereocenters. The monoisotopic (exact) mass is 455 g/mol. The highest BCUT2D eigenvalue weighted by molar-refractivity contribution is 6.67. The summed E-state index contributed by atoms with van der Waals surface area (Å²) >= 11 is 0. The molecule has 1 aliphatic rings. The number of nitrogens with two attached hydrogens (primary N) is 1. The highest BCUT2D eigenvalue weighted by atomic mass is 28.4. The summed E-state index contributed by atoms with van der Waals surface area (Å²) in [5.41, 5.74) is 5.44. The van der Waals surface area contributed by atoms with Crippen LogP contribution in [-0.2, 0) is 27.2 Å². The molecule has 0 saturated carbocycles. The van der Waals surface area contributed by atoms with Crippen LogP contribution in [0.3, 0.4) is 0 Å². The van der Waals surface area contributed by atoms with Crippen LogP contribution in [0.5, 0.6) is 0 Å². The van der Waals surface area contributed by atoms with Crippen LogP contribution in [-0.4, -0.2) is 88.4 Å². The Hall–Kier alpha value is -0.146. The molecule has 0 amide bonds. The van der Waals surface area contributed by atoms with E-state index in [-0.39, 0.29) is 6.23 Å². The zero-order valence-corrected chi connectivity index (χ0v) is 21.2. The van der Waals surface area contributed by atoms with Crippen molar-refractivity contribution in [1.29, 1.82) is 0 Å². The lowest BCUT2D eigenvalue weighted by Crippen LogP contribution is -2.44. The third-order valence-electron chi connectivity index (χ3n) is 4.27. The van der Waals surface area contributed by atoms with Crippen molar-refractivity contribution in [2.75, 3.05) is 60.0 Å². The predicted octanol–water partition coefficient (Wildman–Crippen LogP) is 2.34. The Balaban J connectivity index is 0. The van der Waals surface area contributed by atoms with Crippen molar-refractivity contribution in [3.63, 3.8) is 0 Å². The van der Waals surface area contributed by atoms with Gasteiger partial charge in [-0.3, -0.25) is 0 Å². The van der Waals surface area contributed by atoms with Crippen molar-refractivity contribution in [2.45, 2.75) is 51.4 Å². The summed E-state index contributed by atoms with van der Waals surface area (Å²) in [6.45, 7) is 16.5. The van der Waals surface area contributed by atoms with Crippen molar-refractivity contribution >= 4 is 17.1 Å². The van der Waals surface area contributed by atoms with E-state index in [4.69, 9.17) is 32.9 Å². The van der Waals surface area contributed by atoms with Crippen LogP contribution in [0.15, 0.2) is 13.2 Å². The van der Waals surface area contributed by atoms with Gasteiger partial charge in [0.05, 0.1) is 19.4 Å². The molecule has 176 valence electrons. The zero-order chi connectivity index (χ0) is 22.6. The van der Waals surface area contributed by atoms with Crippen molar-refractivity contribution < 1.29 is 32.3 Å². The molecule has 1 aliphatic heterocycles. The van der Waals surface area contributed by atoms with Crippen molar-refractivity contribution in [3.8, 4) is 0 Å². The van der Waals surface area contributed by atoms with Crippen LogP contribution in [0.2, 0.25) is 18.6 Å². The van der Waals surface area contributed by atoms with E-state index in [9.17, 15) is 5.11 Å². The molecule has 1 rings (SSSR count). The fourth-order valence-electron chi connectivity index (χ4n) is 2.54. The number of aliphatic hydroxyl groups is 1. The van der Waals surface area contributed by atoms with Gasteiger partial charge < -0.3 is 38.0 Å². The molecule has 0 aromatic rings. The average Bonchev–Trinajstić information content (AvgIpc) is 3.56. The Bertz CT molecular complexity index is 345. The maximum Gasteiger partial charge on any atom is 0.364 e. The summed E-state index contributed by atoms with van der Waals surface area (Å²) in [5, 5.41) is 9.18. The van der Waals surface area contributed by atoms with Gasteiger partial charge in [0.15, 0.2) is 0 Å². The van der Waals surface area contributed by atoms with Gasteiger partial charge in [-0.2, -0.15) is 0 Å². The van der Waals surface area contributed by atoms with Gasteiger partial charge in [0.2, 0.25) is 0 Å². The summed E-state index contributed by atoms with van der Waals surface area (Å²) < 4.78 is 32.2. The molecule has 0 aromatic heterocycles. The molecule has 1 fully saturated rings. The molecular formula is C19H45NO7Si2. The van der Waals surface area contributed by atoms with Gasteiger partial charge in [0.25, 0.3) is 0 Å². The Kier molecular flexibility index (Phi) is 21.2. The van der Waals surface area contributed by atoms with E-state index in [1.54, 1.807) is 14.2 Å². The highest BCUT2D eigenvalue weighted by Crippen LogP contribution is 2.15. The maximum absolute atomic E-state index is 9.18. The molecular weight excluding hydrogens is 410 g/mol. The van der Waals surface area contributed by atoms with Crippen LogP contribution < -0.4 is 5.73 Å². The second-order valence-corrected chi connectivity index (χ2v) is 13.3. The molecule has 0 spiro atoms. The molecule has 1 atom stereocenters. The molecule has 29 heavy (non-hydrogen) atoms. The second-order valence-electron chi connectivity index (χ2n) is 6.50. The molecule has 1 saturated heterocycles. The largest absolute Gasteiger partial charge is 0.396 e. The fraction of sp³-hybridized carbons (Fsp3) is 0.895. The van der Waals surface area contributed by atoms with Crippen molar-refractivity contribution in [2.24, 2.45) is 5.73 Å². The third kappa shape index (κ3) is 16.2. The Labute approximate surface area is 180 Å². The first-order chi connectivity index (χ1) is 13.9. The lowest BCUT2D eigenvalue weighted by molar-refractivity contribution is 0.113. The molecule has 0 aliphatic carbocycles. The average molecular weight is 456 g/mol. The predicted molar refractivity (Wildman–Crippen MR) is 121 cm³/mol.